The number of aliphatic hydroxyl groups is 1. The van der Waals surface area contributed by atoms with Crippen LogP contribution in [-0.4, -0.2) is 20.8 Å². The normalized spacial score (nSPS) is 14.8. The first kappa shape index (κ1) is 14.9. The molecule has 0 unspecified atom stereocenters. The number of nitrogens with zero attached hydrogens (tertiary/aromatic N) is 2. The fourth-order valence-corrected chi connectivity index (χ4v) is 1.91. The van der Waals surface area contributed by atoms with Crippen LogP contribution in [0.5, 0.6) is 5.75 Å². The molecule has 1 aromatic carbocycles. The van der Waals surface area contributed by atoms with Crippen LogP contribution in [0.1, 0.15) is 27.0 Å². The maximum Gasteiger partial charge on any atom is 0.203 e. The van der Waals surface area contributed by atoms with Crippen molar-refractivity contribution in [1.29, 1.82) is 0 Å². The Bertz CT molecular complexity index is 532. The largest absolute Gasteiger partial charge is 0.467 e. The first-order valence-corrected chi connectivity index (χ1v) is 6.83. The number of halogens is 1. The van der Waals surface area contributed by atoms with E-state index in [1.165, 1.54) is 0 Å². The van der Waals surface area contributed by atoms with Crippen molar-refractivity contribution < 1.29 is 9.84 Å². The van der Waals surface area contributed by atoms with E-state index in [4.69, 9.17) is 16.3 Å². The van der Waals surface area contributed by atoms with E-state index in [-0.39, 0.29) is 5.41 Å². The zero-order valence-corrected chi connectivity index (χ0v) is 12.6. The maximum atomic E-state index is 10.5. The molecule has 2 aromatic rings. The van der Waals surface area contributed by atoms with Crippen LogP contribution in [0.25, 0.3) is 0 Å². The minimum atomic E-state index is -0.688. The summed E-state index contributed by atoms with van der Waals surface area (Å²) in [4.78, 5) is 4.01. The van der Waals surface area contributed by atoms with Gasteiger partial charge in [0.25, 0.3) is 0 Å². The summed E-state index contributed by atoms with van der Waals surface area (Å²) in [6.45, 7) is 5.90. The molecule has 0 aliphatic carbocycles. The standard InChI is InChI=1S/C15H19ClN2O2/c1-15(2,3)13(19)14(18-9-8-17-10-18)20-12-6-4-11(16)5-7-12/h4-10,13-14,19H,1-3H3/t13-,14-/m0/s1. The van der Waals surface area contributed by atoms with E-state index in [1.807, 2.05) is 20.8 Å². The van der Waals surface area contributed by atoms with Crippen molar-refractivity contribution in [2.75, 3.05) is 0 Å². The van der Waals surface area contributed by atoms with Gasteiger partial charge in [0.1, 0.15) is 11.9 Å². The molecule has 5 heteroatoms. The minimum absolute atomic E-state index is 0.318. The Hall–Kier alpha value is -1.52. The van der Waals surface area contributed by atoms with Crippen molar-refractivity contribution in [3.05, 3.63) is 48.0 Å². The molecule has 0 aliphatic heterocycles. The molecule has 0 aliphatic rings. The Labute approximate surface area is 124 Å². The average molecular weight is 295 g/mol. The van der Waals surface area contributed by atoms with Crippen LogP contribution < -0.4 is 4.74 Å². The van der Waals surface area contributed by atoms with Gasteiger partial charge >= 0.3 is 0 Å². The second-order valence-corrected chi connectivity index (χ2v) is 6.22. The Balaban J connectivity index is 2.26. The summed E-state index contributed by atoms with van der Waals surface area (Å²) in [5, 5.41) is 11.2. The van der Waals surface area contributed by atoms with Crippen molar-refractivity contribution in [1.82, 2.24) is 9.55 Å². The number of rotatable bonds is 4. The number of imidazole rings is 1. The number of benzene rings is 1. The van der Waals surface area contributed by atoms with Crippen LogP contribution in [0.4, 0.5) is 0 Å². The lowest BCUT2D eigenvalue weighted by molar-refractivity contribution is -0.0674. The van der Waals surface area contributed by atoms with Crippen LogP contribution >= 0.6 is 11.6 Å². The molecule has 20 heavy (non-hydrogen) atoms. The van der Waals surface area contributed by atoms with Crippen molar-refractivity contribution in [3.63, 3.8) is 0 Å². The van der Waals surface area contributed by atoms with Crippen molar-refractivity contribution in [2.45, 2.75) is 33.1 Å². The average Bonchev–Trinajstić information content (AvgIpc) is 2.90. The van der Waals surface area contributed by atoms with Gasteiger partial charge in [-0.15, -0.1) is 0 Å². The predicted octanol–water partition coefficient (Wildman–Crippen LogP) is 3.52. The first-order chi connectivity index (χ1) is 9.38. The van der Waals surface area contributed by atoms with Gasteiger partial charge in [0.15, 0.2) is 0 Å². The van der Waals surface area contributed by atoms with Crippen LogP contribution in [0.3, 0.4) is 0 Å². The number of ether oxygens (including phenoxy) is 1. The summed E-state index contributed by atoms with van der Waals surface area (Å²) in [6, 6.07) is 7.07. The van der Waals surface area contributed by atoms with Gasteiger partial charge in [0, 0.05) is 17.4 Å². The lowest BCUT2D eigenvalue weighted by Crippen LogP contribution is -2.38. The lowest BCUT2D eigenvalue weighted by Gasteiger charge is -2.33. The summed E-state index contributed by atoms with van der Waals surface area (Å²) < 4.78 is 7.67. The molecule has 2 rings (SSSR count). The summed E-state index contributed by atoms with van der Waals surface area (Å²) in [5.74, 6) is 0.649. The molecule has 2 atom stereocenters. The van der Waals surface area contributed by atoms with Crippen molar-refractivity contribution in [2.24, 2.45) is 5.41 Å². The predicted molar refractivity (Wildman–Crippen MR) is 78.8 cm³/mol. The number of aliphatic hydroxyl groups excluding tert-OH is 1. The van der Waals surface area contributed by atoms with Gasteiger partial charge in [-0.25, -0.2) is 4.98 Å². The molecule has 0 saturated carbocycles. The van der Waals surface area contributed by atoms with Crippen LogP contribution in [-0.2, 0) is 0 Å². The SMILES string of the molecule is CC(C)(C)[C@@H](O)[C@H](Oc1ccc(Cl)cc1)n1ccnc1. The van der Waals surface area contributed by atoms with Crippen LogP contribution in [0, 0.1) is 5.41 Å². The third-order valence-electron chi connectivity index (χ3n) is 3.05. The highest BCUT2D eigenvalue weighted by molar-refractivity contribution is 6.30. The minimum Gasteiger partial charge on any atom is -0.467 e. The topological polar surface area (TPSA) is 47.3 Å². The van der Waals surface area contributed by atoms with Crippen LogP contribution in [0.2, 0.25) is 5.02 Å². The second kappa shape index (κ2) is 5.85. The van der Waals surface area contributed by atoms with E-state index < -0.39 is 12.3 Å². The van der Waals surface area contributed by atoms with Crippen molar-refractivity contribution in [3.8, 4) is 5.75 Å². The highest BCUT2D eigenvalue weighted by Gasteiger charge is 2.33. The summed E-state index contributed by atoms with van der Waals surface area (Å²) in [7, 11) is 0. The van der Waals surface area contributed by atoms with E-state index in [1.54, 1.807) is 47.6 Å². The van der Waals surface area contributed by atoms with E-state index in [9.17, 15) is 5.11 Å². The molecule has 0 amide bonds. The molecular formula is C15H19ClN2O2. The fraction of sp³-hybridized carbons (Fsp3) is 0.400. The van der Waals surface area contributed by atoms with E-state index in [2.05, 4.69) is 4.98 Å². The summed E-state index contributed by atoms with van der Waals surface area (Å²) in [5.41, 5.74) is -0.318. The van der Waals surface area contributed by atoms with Gasteiger partial charge in [-0.2, -0.15) is 0 Å². The molecular weight excluding hydrogens is 276 g/mol. The van der Waals surface area contributed by atoms with E-state index in [0.717, 1.165) is 0 Å². The van der Waals surface area contributed by atoms with Crippen molar-refractivity contribution >= 4 is 11.6 Å². The number of hydrogen-bond donors (Lipinski definition) is 1. The van der Waals surface area contributed by atoms with E-state index >= 15 is 0 Å². The smallest absolute Gasteiger partial charge is 0.203 e. The second-order valence-electron chi connectivity index (χ2n) is 5.78. The van der Waals surface area contributed by atoms with Gasteiger partial charge in [-0.05, 0) is 29.7 Å². The number of aromatic nitrogens is 2. The maximum absolute atomic E-state index is 10.5. The summed E-state index contributed by atoms with van der Waals surface area (Å²) in [6.07, 6.45) is 3.84. The quantitative estimate of drug-likeness (QED) is 0.938. The third-order valence-corrected chi connectivity index (χ3v) is 3.30. The molecule has 1 heterocycles. The first-order valence-electron chi connectivity index (χ1n) is 6.45. The Morgan fingerprint density at radius 1 is 1.25 bits per heavy atom. The molecule has 1 N–H and O–H groups in total. The molecule has 0 fully saturated rings. The lowest BCUT2D eigenvalue weighted by atomic mass is 9.88. The highest BCUT2D eigenvalue weighted by atomic mass is 35.5. The zero-order valence-electron chi connectivity index (χ0n) is 11.8. The van der Waals surface area contributed by atoms with Crippen LogP contribution in [0.15, 0.2) is 43.0 Å². The molecule has 1 aromatic heterocycles. The monoisotopic (exact) mass is 294 g/mol. The van der Waals surface area contributed by atoms with Gasteiger partial charge < -0.3 is 9.84 Å². The summed E-state index contributed by atoms with van der Waals surface area (Å²) >= 11 is 5.86. The molecule has 108 valence electrons. The Morgan fingerprint density at radius 2 is 1.90 bits per heavy atom. The van der Waals surface area contributed by atoms with Gasteiger partial charge in [-0.1, -0.05) is 32.4 Å². The Kier molecular flexibility index (Phi) is 4.35. The molecule has 0 saturated heterocycles. The fourth-order valence-electron chi connectivity index (χ4n) is 1.79. The molecule has 0 radical (unpaired) electrons. The highest BCUT2D eigenvalue weighted by Crippen LogP contribution is 2.30. The zero-order chi connectivity index (χ0) is 14.8. The number of hydrogen-bond acceptors (Lipinski definition) is 3. The van der Waals surface area contributed by atoms with E-state index in [0.29, 0.717) is 10.8 Å². The van der Waals surface area contributed by atoms with Gasteiger partial charge in [0.05, 0.1) is 6.33 Å². The molecule has 0 bridgehead atoms. The molecule has 4 nitrogen and oxygen atoms in total. The van der Waals surface area contributed by atoms with Gasteiger partial charge in [0.2, 0.25) is 6.23 Å². The van der Waals surface area contributed by atoms with Gasteiger partial charge in [-0.3, -0.25) is 4.57 Å². The third kappa shape index (κ3) is 3.52. The molecule has 0 spiro atoms. The Morgan fingerprint density at radius 3 is 2.40 bits per heavy atom.